The first kappa shape index (κ1) is 15.9. The Morgan fingerprint density at radius 3 is 2.83 bits per heavy atom. The smallest absolute Gasteiger partial charge is 0.226 e. The summed E-state index contributed by atoms with van der Waals surface area (Å²) >= 11 is 18.2. The van der Waals surface area contributed by atoms with Gasteiger partial charge in [-0.15, -0.1) is 0 Å². The van der Waals surface area contributed by atoms with Gasteiger partial charge in [-0.1, -0.05) is 23.2 Å². The van der Waals surface area contributed by atoms with Gasteiger partial charge in [0.2, 0.25) is 5.28 Å². The van der Waals surface area contributed by atoms with Crippen LogP contribution in [0, 0.1) is 0 Å². The highest BCUT2D eigenvalue weighted by atomic mass is 35.5. The average molecular weight is 385 g/mol. The zero-order valence-corrected chi connectivity index (χ0v) is 14.6. The lowest BCUT2D eigenvalue weighted by Gasteiger charge is -2.12. The molecule has 6 nitrogen and oxygen atoms in total. The molecule has 1 saturated heterocycles. The molecule has 0 amide bonds. The summed E-state index contributed by atoms with van der Waals surface area (Å²) in [5.74, 6) is 0.478. The lowest BCUT2D eigenvalue weighted by Crippen LogP contribution is -2.07. The van der Waals surface area contributed by atoms with Gasteiger partial charge in [0.1, 0.15) is 6.23 Å². The van der Waals surface area contributed by atoms with Crippen LogP contribution in [-0.4, -0.2) is 26.1 Å². The van der Waals surface area contributed by atoms with Crippen molar-refractivity contribution in [3.8, 4) is 0 Å². The van der Waals surface area contributed by atoms with E-state index in [9.17, 15) is 0 Å². The van der Waals surface area contributed by atoms with E-state index in [4.69, 9.17) is 39.5 Å². The highest BCUT2D eigenvalue weighted by Gasteiger charge is 2.22. The van der Waals surface area contributed by atoms with Gasteiger partial charge in [0, 0.05) is 11.6 Å². The fourth-order valence-corrected chi connectivity index (χ4v) is 3.31. The number of aromatic nitrogens is 4. The van der Waals surface area contributed by atoms with Gasteiger partial charge < -0.3 is 10.1 Å². The maximum Gasteiger partial charge on any atom is 0.226 e. The molecular weight excluding hydrogens is 373 g/mol. The summed E-state index contributed by atoms with van der Waals surface area (Å²) in [5, 5.41) is 4.30. The van der Waals surface area contributed by atoms with Gasteiger partial charge in [-0.3, -0.25) is 4.57 Å². The minimum atomic E-state index is -0.0760. The Morgan fingerprint density at radius 2 is 2.08 bits per heavy atom. The molecule has 1 fully saturated rings. The Balaban J connectivity index is 1.77. The highest BCUT2D eigenvalue weighted by Crippen LogP contribution is 2.32. The van der Waals surface area contributed by atoms with Crippen molar-refractivity contribution >= 4 is 57.5 Å². The van der Waals surface area contributed by atoms with E-state index in [1.165, 1.54) is 0 Å². The van der Waals surface area contributed by atoms with Crippen LogP contribution in [0.15, 0.2) is 24.5 Å². The number of benzene rings is 1. The second-order valence-electron chi connectivity index (χ2n) is 5.38. The number of imidazole rings is 1. The van der Waals surface area contributed by atoms with Crippen LogP contribution >= 0.6 is 34.8 Å². The summed E-state index contributed by atoms with van der Waals surface area (Å²) in [7, 11) is 0. The van der Waals surface area contributed by atoms with Crippen molar-refractivity contribution in [2.75, 3.05) is 11.9 Å². The first-order valence-corrected chi connectivity index (χ1v) is 8.49. The molecule has 1 aromatic carbocycles. The SMILES string of the molecule is Clc1ccc(Nc2nc(Cl)nc3c2ncn3C2CCCO2)c(Cl)c1. The number of fused-ring (bicyclic) bond motifs is 1. The first-order chi connectivity index (χ1) is 11.6. The van der Waals surface area contributed by atoms with Gasteiger partial charge in [0.25, 0.3) is 0 Å². The van der Waals surface area contributed by atoms with E-state index in [1.807, 2.05) is 4.57 Å². The number of anilines is 2. The van der Waals surface area contributed by atoms with Crippen molar-refractivity contribution in [3.63, 3.8) is 0 Å². The van der Waals surface area contributed by atoms with Crippen LogP contribution in [0.4, 0.5) is 11.5 Å². The lowest BCUT2D eigenvalue weighted by atomic mass is 10.3. The second kappa shape index (κ2) is 6.37. The molecule has 1 atom stereocenters. The number of halogens is 3. The molecule has 3 heterocycles. The van der Waals surface area contributed by atoms with E-state index in [-0.39, 0.29) is 11.5 Å². The normalized spacial score (nSPS) is 17.5. The Hall–Kier alpha value is -1.60. The molecule has 1 unspecified atom stereocenters. The molecule has 0 aliphatic carbocycles. The molecule has 1 aliphatic rings. The molecule has 2 aromatic heterocycles. The number of nitrogens with zero attached hydrogens (tertiary/aromatic N) is 4. The van der Waals surface area contributed by atoms with E-state index < -0.39 is 0 Å². The number of rotatable bonds is 3. The minimum absolute atomic E-state index is 0.0760. The van der Waals surface area contributed by atoms with Crippen LogP contribution in [0.5, 0.6) is 0 Å². The minimum Gasteiger partial charge on any atom is -0.358 e. The average Bonchev–Trinajstić information content (AvgIpc) is 3.18. The van der Waals surface area contributed by atoms with E-state index in [1.54, 1.807) is 24.5 Å². The largest absolute Gasteiger partial charge is 0.358 e. The Bertz CT molecular complexity index is 908. The second-order valence-corrected chi connectivity index (χ2v) is 6.56. The van der Waals surface area contributed by atoms with Crippen molar-refractivity contribution in [2.24, 2.45) is 0 Å². The predicted molar refractivity (Wildman–Crippen MR) is 94.3 cm³/mol. The Morgan fingerprint density at radius 1 is 1.21 bits per heavy atom. The summed E-state index contributed by atoms with van der Waals surface area (Å²) < 4.78 is 7.58. The molecule has 0 spiro atoms. The maximum atomic E-state index is 6.21. The maximum absolute atomic E-state index is 6.21. The zero-order chi connectivity index (χ0) is 16.7. The molecule has 1 aliphatic heterocycles. The monoisotopic (exact) mass is 383 g/mol. The fourth-order valence-electron chi connectivity index (χ4n) is 2.69. The van der Waals surface area contributed by atoms with E-state index in [0.29, 0.717) is 32.7 Å². The van der Waals surface area contributed by atoms with Gasteiger partial charge >= 0.3 is 0 Å². The van der Waals surface area contributed by atoms with Crippen LogP contribution in [0.25, 0.3) is 11.2 Å². The summed E-state index contributed by atoms with van der Waals surface area (Å²) in [6, 6.07) is 5.15. The molecule has 4 rings (SSSR count). The molecular formula is C15H12Cl3N5O. The first-order valence-electron chi connectivity index (χ1n) is 7.35. The molecule has 1 N–H and O–H groups in total. The topological polar surface area (TPSA) is 64.9 Å². The molecule has 0 bridgehead atoms. The van der Waals surface area contributed by atoms with Crippen molar-refractivity contribution < 1.29 is 4.74 Å². The van der Waals surface area contributed by atoms with Crippen LogP contribution in [0.1, 0.15) is 19.1 Å². The summed E-state index contributed by atoms with van der Waals surface area (Å²) in [6.45, 7) is 0.731. The molecule has 0 radical (unpaired) electrons. The summed E-state index contributed by atoms with van der Waals surface area (Å²) in [6.07, 6.45) is 3.54. The number of nitrogens with one attached hydrogen (secondary N) is 1. The van der Waals surface area contributed by atoms with Crippen LogP contribution in [-0.2, 0) is 4.74 Å². The van der Waals surface area contributed by atoms with Crippen molar-refractivity contribution in [2.45, 2.75) is 19.1 Å². The van der Waals surface area contributed by atoms with E-state index in [2.05, 4.69) is 20.3 Å². The number of ether oxygens (including phenoxy) is 1. The van der Waals surface area contributed by atoms with Crippen LogP contribution in [0.2, 0.25) is 15.3 Å². The van der Waals surface area contributed by atoms with Gasteiger partial charge in [-0.2, -0.15) is 9.97 Å². The fraction of sp³-hybridized carbons (Fsp3) is 0.267. The van der Waals surface area contributed by atoms with Gasteiger partial charge in [0.15, 0.2) is 17.0 Å². The van der Waals surface area contributed by atoms with Crippen molar-refractivity contribution in [1.82, 2.24) is 19.5 Å². The standard InChI is InChI=1S/C15H12Cl3N5O/c16-8-3-4-10(9(17)6-8)20-13-12-14(22-15(18)21-13)23(7-19-12)11-2-1-5-24-11/h3-4,6-7,11H,1-2,5H2,(H,20,21,22). The molecule has 24 heavy (non-hydrogen) atoms. The van der Waals surface area contributed by atoms with Crippen molar-refractivity contribution in [3.05, 3.63) is 39.9 Å². The number of hydrogen-bond acceptors (Lipinski definition) is 5. The van der Waals surface area contributed by atoms with Crippen molar-refractivity contribution in [1.29, 1.82) is 0 Å². The van der Waals surface area contributed by atoms with Gasteiger partial charge in [-0.05, 0) is 42.6 Å². The quantitative estimate of drug-likeness (QED) is 0.655. The molecule has 124 valence electrons. The van der Waals surface area contributed by atoms with Crippen LogP contribution in [0.3, 0.4) is 0 Å². The molecule has 3 aromatic rings. The van der Waals surface area contributed by atoms with E-state index in [0.717, 1.165) is 19.4 Å². The zero-order valence-electron chi connectivity index (χ0n) is 12.3. The number of hydrogen-bond donors (Lipinski definition) is 1. The molecule has 9 heteroatoms. The Kier molecular flexibility index (Phi) is 4.22. The Labute approximate surface area is 152 Å². The van der Waals surface area contributed by atoms with Gasteiger partial charge in [0.05, 0.1) is 17.0 Å². The third kappa shape index (κ3) is 2.91. The third-order valence-electron chi connectivity index (χ3n) is 3.79. The van der Waals surface area contributed by atoms with Gasteiger partial charge in [-0.25, -0.2) is 4.98 Å². The van der Waals surface area contributed by atoms with E-state index >= 15 is 0 Å². The third-order valence-corrected chi connectivity index (χ3v) is 4.51. The predicted octanol–water partition coefficient (Wildman–Crippen LogP) is 4.84. The lowest BCUT2D eigenvalue weighted by molar-refractivity contribution is 0.0593. The molecule has 0 saturated carbocycles. The summed E-state index contributed by atoms with van der Waals surface area (Å²) in [4.78, 5) is 13.0. The highest BCUT2D eigenvalue weighted by molar-refractivity contribution is 6.36. The summed E-state index contributed by atoms with van der Waals surface area (Å²) in [5.41, 5.74) is 1.87. The van der Waals surface area contributed by atoms with Crippen LogP contribution < -0.4 is 5.32 Å².